The lowest BCUT2D eigenvalue weighted by molar-refractivity contribution is -0.128. The van der Waals surface area contributed by atoms with Crippen LogP contribution in [0.2, 0.25) is 0 Å². The topological polar surface area (TPSA) is 146 Å². The van der Waals surface area contributed by atoms with Crippen LogP contribution < -0.4 is 26.7 Å². The Labute approximate surface area is 183 Å². The standard InChI is InChI=1S/C16H29B2N5O4.CH4BN/c17-21-15(26)12-23(10-11-24)13(16(27)22-18)6-3-5-9-20-14(25)7-2-1-4-8-19;1-3-2/h11,13H,1-10,12,19H2,(H,20,25)(H,21,26)(H,22,27);3H,1H3. The molecule has 0 aliphatic rings. The molecule has 0 bridgehead atoms. The van der Waals surface area contributed by atoms with E-state index < -0.39 is 17.9 Å². The second kappa shape index (κ2) is 21.9. The number of hydrogen-bond acceptors (Lipinski definition) is 7. The maximum atomic E-state index is 12.0. The zero-order valence-corrected chi connectivity index (χ0v) is 17.8. The zero-order valence-electron chi connectivity index (χ0n) is 17.8. The van der Waals surface area contributed by atoms with Crippen molar-refractivity contribution in [3.63, 3.8) is 0 Å². The van der Waals surface area contributed by atoms with Gasteiger partial charge in [0.1, 0.15) is 6.29 Å². The third-order valence-electron chi connectivity index (χ3n) is 4.04. The van der Waals surface area contributed by atoms with E-state index >= 15 is 0 Å². The van der Waals surface area contributed by atoms with Crippen LogP contribution in [0.25, 0.3) is 0 Å². The Balaban J connectivity index is 0. The number of rotatable bonds is 16. The van der Waals surface area contributed by atoms with Gasteiger partial charge in [-0.15, -0.1) is 0 Å². The van der Waals surface area contributed by atoms with Crippen molar-refractivity contribution in [3.8, 4) is 0 Å². The predicted octanol–water partition coefficient (Wildman–Crippen LogP) is -2.65. The summed E-state index contributed by atoms with van der Waals surface area (Å²) in [6.07, 6.45) is 5.36. The molecule has 0 saturated carbocycles. The van der Waals surface area contributed by atoms with Gasteiger partial charge in [-0.3, -0.25) is 19.3 Å². The molecule has 0 fully saturated rings. The molecule has 30 heavy (non-hydrogen) atoms. The molecular weight excluding hydrogens is 385 g/mol. The van der Waals surface area contributed by atoms with Gasteiger partial charge in [-0.1, -0.05) is 6.42 Å². The minimum atomic E-state index is -0.746. The Bertz CT molecular complexity index is 488. The lowest BCUT2D eigenvalue weighted by Crippen LogP contribution is -2.50. The van der Waals surface area contributed by atoms with Crippen molar-refractivity contribution < 1.29 is 19.2 Å². The fourth-order valence-corrected chi connectivity index (χ4v) is 2.59. The summed E-state index contributed by atoms with van der Waals surface area (Å²) in [7, 11) is 16.5. The van der Waals surface area contributed by atoms with Crippen LogP contribution >= 0.6 is 0 Å². The van der Waals surface area contributed by atoms with Crippen molar-refractivity contribution in [2.24, 2.45) is 5.73 Å². The molecule has 0 aromatic heterocycles. The minimum Gasteiger partial charge on any atom is -0.408 e. The van der Waals surface area contributed by atoms with E-state index in [2.05, 4.69) is 18.5 Å². The van der Waals surface area contributed by atoms with Crippen LogP contribution in [-0.2, 0) is 19.2 Å². The first-order chi connectivity index (χ1) is 14.4. The first kappa shape index (κ1) is 30.3. The molecule has 0 saturated heterocycles. The Kier molecular flexibility index (Phi) is 22.1. The van der Waals surface area contributed by atoms with Gasteiger partial charge in [0.2, 0.25) is 33.7 Å². The van der Waals surface area contributed by atoms with Gasteiger partial charge >= 0.3 is 0 Å². The monoisotopic (exact) mass is 418 g/mol. The molecule has 164 valence electrons. The molecule has 1 atom stereocenters. The van der Waals surface area contributed by atoms with Gasteiger partial charge in [-0.05, 0) is 45.7 Å². The summed E-state index contributed by atoms with van der Waals surface area (Å²) in [5.41, 5.74) is 5.40. The highest BCUT2D eigenvalue weighted by atomic mass is 16.2. The van der Waals surface area contributed by atoms with Gasteiger partial charge in [0, 0.05) is 13.0 Å². The average Bonchev–Trinajstić information content (AvgIpc) is 2.73. The summed E-state index contributed by atoms with van der Waals surface area (Å²) in [5, 5.41) is 9.09. The molecular formula is C17H33B3N6O4. The molecule has 0 heterocycles. The van der Waals surface area contributed by atoms with Crippen molar-refractivity contribution >= 4 is 48.0 Å². The maximum Gasteiger partial charge on any atom is 0.226 e. The first-order valence-electron chi connectivity index (χ1n) is 9.93. The van der Waals surface area contributed by atoms with Crippen LogP contribution in [0.5, 0.6) is 0 Å². The van der Waals surface area contributed by atoms with E-state index in [0.717, 1.165) is 19.3 Å². The lowest BCUT2D eigenvalue weighted by atomic mass is 10.1. The molecule has 1 unspecified atom stereocenters. The second-order valence-electron chi connectivity index (χ2n) is 6.42. The molecule has 10 nitrogen and oxygen atoms in total. The molecule has 0 spiro atoms. The number of nitrogens with one attached hydrogen (secondary N) is 4. The summed E-state index contributed by atoms with van der Waals surface area (Å²) in [6, 6.07) is -0.746. The Morgan fingerprint density at radius 1 is 1.00 bits per heavy atom. The largest absolute Gasteiger partial charge is 0.408 e. The molecule has 0 aromatic carbocycles. The molecule has 0 aromatic rings. The normalized spacial score (nSPS) is 11.0. The van der Waals surface area contributed by atoms with Crippen LogP contribution in [0, 0.1) is 0 Å². The summed E-state index contributed by atoms with van der Waals surface area (Å²) in [4.78, 5) is 47.4. The number of nitrogens with two attached hydrogens (primary N) is 1. The Morgan fingerprint density at radius 3 is 2.20 bits per heavy atom. The van der Waals surface area contributed by atoms with Gasteiger partial charge in [-0.2, -0.15) is 0 Å². The molecule has 0 aliphatic carbocycles. The fourth-order valence-electron chi connectivity index (χ4n) is 2.59. The smallest absolute Gasteiger partial charge is 0.226 e. The zero-order chi connectivity index (χ0) is 23.2. The molecule has 3 amide bonds. The van der Waals surface area contributed by atoms with Gasteiger partial charge in [0.05, 0.1) is 19.1 Å². The SMILES string of the molecule is [B]NC.[B]NC(=O)CN(CC=O)C(CCCCNC(=O)CCCCCN)C(=O)N[B]. The summed E-state index contributed by atoms with van der Waals surface area (Å²) >= 11 is 0. The van der Waals surface area contributed by atoms with Crippen LogP contribution in [0.3, 0.4) is 0 Å². The average molecular weight is 418 g/mol. The molecule has 13 heteroatoms. The Hall–Kier alpha value is -1.85. The number of carbonyl (C=O) groups excluding carboxylic acids is 4. The van der Waals surface area contributed by atoms with E-state index in [9.17, 15) is 19.2 Å². The second-order valence-corrected chi connectivity index (χ2v) is 6.42. The van der Waals surface area contributed by atoms with E-state index in [4.69, 9.17) is 21.7 Å². The minimum absolute atomic E-state index is 0.00882. The van der Waals surface area contributed by atoms with E-state index in [1.807, 2.05) is 10.5 Å². The van der Waals surface area contributed by atoms with Gasteiger partial charge in [0.25, 0.3) is 0 Å². The van der Waals surface area contributed by atoms with E-state index in [-0.39, 0.29) is 19.0 Å². The maximum absolute atomic E-state index is 12.0. The van der Waals surface area contributed by atoms with E-state index in [1.54, 1.807) is 7.05 Å². The number of hydrogen-bond donors (Lipinski definition) is 5. The van der Waals surface area contributed by atoms with Crippen molar-refractivity contribution in [3.05, 3.63) is 0 Å². The molecule has 6 N–H and O–H groups in total. The Morgan fingerprint density at radius 2 is 1.67 bits per heavy atom. The lowest BCUT2D eigenvalue weighted by Gasteiger charge is -2.28. The number of amides is 3. The van der Waals surface area contributed by atoms with Crippen LogP contribution in [0.15, 0.2) is 0 Å². The van der Waals surface area contributed by atoms with Crippen molar-refractivity contribution in [1.29, 1.82) is 0 Å². The fraction of sp³-hybridized carbons (Fsp3) is 0.765. The van der Waals surface area contributed by atoms with Crippen molar-refractivity contribution in [2.45, 2.75) is 51.0 Å². The molecule has 6 radical (unpaired) electrons. The summed E-state index contributed by atoms with van der Waals surface area (Å²) < 4.78 is 0. The van der Waals surface area contributed by atoms with Crippen LogP contribution in [-0.4, -0.2) is 92.1 Å². The predicted molar refractivity (Wildman–Crippen MR) is 118 cm³/mol. The highest BCUT2D eigenvalue weighted by Crippen LogP contribution is 2.09. The number of nitrogens with zero attached hydrogens (tertiary/aromatic N) is 1. The van der Waals surface area contributed by atoms with E-state index in [0.29, 0.717) is 45.1 Å². The molecule has 0 rings (SSSR count). The van der Waals surface area contributed by atoms with E-state index in [1.165, 1.54) is 4.90 Å². The first-order valence-corrected chi connectivity index (χ1v) is 9.93. The van der Waals surface area contributed by atoms with Crippen LogP contribution in [0.1, 0.15) is 44.9 Å². The summed E-state index contributed by atoms with van der Waals surface area (Å²) in [6.45, 7) is 0.814. The number of aldehydes is 1. The van der Waals surface area contributed by atoms with Gasteiger partial charge in [0.15, 0.2) is 7.98 Å². The third kappa shape index (κ3) is 17.1. The summed E-state index contributed by atoms with van der Waals surface area (Å²) in [5.74, 6) is -1.02. The quantitative estimate of drug-likeness (QED) is 0.105. The highest BCUT2D eigenvalue weighted by Gasteiger charge is 2.25. The number of unbranched alkanes of at least 4 members (excludes halogenated alkanes) is 3. The third-order valence-corrected chi connectivity index (χ3v) is 4.04. The number of carbonyl (C=O) groups is 4. The van der Waals surface area contributed by atoms with Crippen LogP contribution in [0.4, 0.5) is 0 Å². The molecule has 0 aliphatic heterocycles. The van der Waals surface area contributed by atoms with Gasteiger partial charge < -0.3 is 31.5 Å². The van der Waals surface area contributed by atoms with Gasteiger partial charge in [-0.25, -0.2) is 0 Å². The van der Waals surface area contributed by atoms with Crippen molar-refractivity contribution in [1.82, 2.24) is 25.9 Å². The highest BCUT2D eigenvalue weighted by molar-refractivity contribution is 6.15. The van der Waals surface area contributed by atoms with Crippen molar-refractivity contribution in [2.75, 3.05) is 33.2 Å².